The number of carbonyl (C=O) groups excluding carboxylic acids is 1. The molecular formula is C13H18F2N2O. The van der Waals surface area contributed by atoms with Gasteiger partial charge in [-0.25, -0.2) is 0 Å². The smallest absolute Gasteiger partial charge is 0.285 e. The maximum atomic E-state index is 13.8. The SMILES string of the molecule is CC(NCC(F)(F)c1ccccc1)C(=O)N(C)C. The Hall–Kier alpha value is -1.49. The summed E-state index contributed by atoms with van der Waals surface area (Å²) >= 11 is 0. The van der Waals surface area contributed by atoms with Gasteiger partial charge in [-0.3, -0.25) is 4.79 Å². The van der Waals surface area contributed by atoms with E-state index in [-0.39, 0.29) is 11.5 Å². The predicted molar refractivity (Wildman–Crippen MR) is 66.5 cm³/mol. The molecule has 0 heterocycles. The lowest BCUT2D eigenvalue weighted by Crippen LogP contribution is -2.45. The van der Waals surface area contributed by atoms with Crippen molar-refractivity contribution in [3.05, 3.63) is 35.9 Å². The molecule has 0 spiro atoms. The maximum Gasteiger partial charge on any atom is 0.285 e. The minimum atomic E-state index is -2.98. The molecule has 0 aliphatic rings. The Morgan fingerprint density at radius 2 is 1.89 bits per heavy atom. The van der Waals surface area contributed by atoms with Crippen molar-refractivity contribution in [1.82, 2.24) is 10.2 Å². The number of likely N-dealkylation sites (N-methyl/N-ethyl adjacent to an activating group) is 1. The molecular weight excluding hydrogens is 238 g/mol. The van der Waals surface area contributed by atoms with Crippen LogP contribution in [0.3, 0.4) is 0 Å². The average Bonchev–Trinajstić information content (AvgIpc) is 2.36. The van der Waals surface area contributed by atoms with Gasteiger partial charge in [0.1, 0.15) is 0 Å². The third kappa shape index (κ3) is 3.77. The zero-order chi connectivity index (χ0) is 13.8. The van der Waals surface area contributed by atoms with Crippen LogP contribution in [0.4, 0.5) is 8.78 Å². The van der Waals surface area contributed by atoms with Crippen molar-refractivity contribution in [1.29, 1.82) is 0 Å². The van der Waals surface area contributed by atoms with E-state index in [4.69, 9.17) is 0 Å². The second kappa shape index (κ2) is 5.91. The minimum absolute atomic E-state index is 0.0537. The maximum absolute atomic E-state index is 13.8. The highest BCUT2D eigenvalue weighted by Crippen LogP contribution is 2.26. The van der Waals surface area contributed by atoms with Gasteiger partial charge in [0.05, 0.1) is 12.6 Å². The van der Waals surface area contributed by atoms with Crippen LogP contribution in [0, 0.1) is 0 Å². The summed E-state index contributed by atoms with van der Waals surface area (Å²) in [6.07, 6.45) is 0. The van der Waals surface area contributed by atoms with Crippen LogP contribution < -0.4 is 5.32 Å². The Morgan fingerprint density at radius 1 is 1.33 bits per heavy atom. The van der Waals surface area contributed by atoms with Crippen LogP contribution >= 0.6 is 0 Å². The van der Waals surface area contributed by atoms with Gasteiger partial charge in [-0.2, -0.15) is 8.78 Å². The number of rotatable bonds is 5. The molecule has 0 bridgehead atoms. The molecule has 100 valence electrons. The Morgan fingerprint density at radius 3 is 2.39 bits per heavy atom. The molecule has 0 aromatic heterocycles. The summed E-state index contributed by atoms with van der Waals surface area (Å²) in [6, 6.07) is 6.94. The molecule has 1 aromatic rings. The highest BCUT2D eigenvalue weighted by molar-refractivity contribution is 5.80. The summed E-state index contributed by atoms with van der Waals surface area (Å²) in [4.78, 5) is 12.9. The summed E-state index contributed by atoms with van der Waals surface area (Å²) in [5, 5.41) is 2.56. The molecule has 0 aliphatic carbocycles. The normalized spacial score (nSPS) is 13.2. The van der Waals surface area contributed by atoms with Gasteiger partial charge in [0.25, 0.3) is 5.92 Å². The lowest BCUT2D eigenvalue weighted by atomic mass is 10.1. The van der Waals surface area contributed by atoms with E-state index in [0.29, 0.717) is 0 Å². The second-order valence-electron chi connectivity index (χ2n) is 4.41. The van der Waals surface area contributed by atoms with Crippen molar-refractivity contribution in [2.75, 3.05) is 20.6 Å². The van der Waals surface area contributed by atoms with Crippen molar-refractivity contribution in [3.63, 3.8) is 0 Å². The van der Waals surface area contributed by atoms with Crippen LogP contribution in [-0.4, -0.2) is 37.5 Å². The number of alkyl halides is 2. The highest BCUT2D eigenvalue weighted by atomic mass is 19.3. The van der Waals surface area contributed by atoms with Gasteiger partial charge in [0, 0.05) is 19.7 Å². The fourth-order valence-electron chi connectivity index (χ4n) is 1.54. The van der Waals surface area contributed by atoms with Crippen LogP contribution in [-0.2, 0) is 10.7 Å². The number of carbonyl (C=O) groups is 1. The van der Waals surface area contributed by atoms with E-state index in [1.54, 1.807) is 39.2 Å². The Bertz CT molecular complexity index is 393. The molecule has 1 amide bonds. The molecule has 1 atom stereocenters. The van der Waals surface area contributed by atoms with Crippen molar-refractivity contribution < 1.29 is 13.6 Å². The first-order valence-corrected chi connectivity index (χ1v) is 5.72. The highest BCUT2D eigenvalue weighted by Gasteiger charge is 2.32. The molecule has 5 heteroatoms. The van der Waals surface area contributed by atoms with Crippen LogP contribution in [0.5, 0.6) is 0 Å². The molecule has 3 nitrogen and oxygen atoms in total. The number of hydrogen-bond donors (Lipinski definition) is 1. The molecule has 0 saturated heterocycles. The Kier molecular flexibility index (Phi) is 4.78. The molecule has 1 unspecified atom stereocenters. The monoisotopic (exact) mass is 256 g/mol. The summed E-state index contributed by atoms with van der Waals surface area (Å²) in [6.45, 7) is 1.02. The topological polar surface area (TPSA) is 32.3 Å². The Labute approximate surface area is 106 Å². The first-order chi connectivity index (χ1) is 8.34. The van der Waals surface area contributed by atoms with Gasteiger partial charge in [-0.05, 0) is 6.92 Å². The van der Waals surface area contributed by atoms with Crippen LogP contribution in [0.1, 0.15) is 12.5 Å². The zero-order valence-electron chi connectivity index (χ0n) is 10.8. The Balaban J connectivity index is 2.60. The summed E-state index contributed by atoms with van der Waals surface area (Å²) < 4.78 is 27.6. The fraction of sp³-hybridized carbons (Fsp3) is 0.462. The van der Waals surface area contributed by atoms with Crippen molar-refractivity contribution in [2.45, 2.75) is 18.9 Å². The number of hydrogen-bond acceptors (Lipinski definition) is 2. The zero-order valence-corrected chi connectivity index (χ0v) is 10.8. The van der Waals surface area contributed by atoms with Gasteiger partial charge < -0.3 is 10.2 Å². The lowest BCUT2D eigenvalue weighted by molar-refractivity contribution is -0.130. The molecule has 0 aliphatic heterocycles. The van der Waals surface area contributed by atoms with Gasteiger partial charge >= 0.3 is 0 Å². The van der Waals surface area contributed by atoms with Crippen molar-refractivity contribution in [2.24, 2.45) is 0 Å². The van der Waals surface area contributed by atoms with Crippen LogP contribution in [0.15, 0.2) is 30.3 Å². The number of nitrogens with zero attached hydrogens (tertiary/aromatic N) is 1. The number of nitrogens with one attached hydrogen (secondary N) is 1. The number of halogens is 2. The molecule has 0 radical (unpaired) electrons. The molecule has 1 N–H and O–H groups in total. The standard InChI is InChI=1S/C13H18F2N2O/c1-10(12(18)17(2)3)16-9-13(14,15)11-7-5-4-6-8-11/h4-8,10,16H,9H2,1-3H3. The van der Waals surface area contributed by atoms with E-state index in [9.17, 15) is 13.6 Å². The van der Waals surface area contributed by atoms with Gasteiger partial charge in [0.15, 0.2) is 0 Å². The third-order valence-corrected chi connectivity index (χ3v) is 2.64. The largest absolute Gasteiger partial charge is 0.347 e. The summed E-state index contributed by atoms with van der Waals surface area (Å²) in [5.74, 6) is -3.21. The predicted octanol–water partition coefficient (Wildman–Crippen LogP) is 1.84. The molecule has 0 saturated carbocycles. The van der Waals surface area contributed by atoms with E-state index >= 15 is 0 Å². The average molecular weight is 256 g/mol. The number of amides is 1. The third-order valence-electron chi connectivity index (χ3n) is 2.64. The van der Waals surface area contributed by atoms with E-state index in [1.807, 2.05) is 0 Å². The second-order valence-corrected chi connectivity index (χ2v) is 4.41. The van der Waals surface area contributed by atoms with Gasteiger partial charge in [0.2, 0.25) is 5.91 Å². The summed E-state index contributed by atoms with van der Waals surface area (Å²) in [5.41, 5.74) is -0.0537. The molecule has 18 heavy (non-hydrogen) atoms. The number of benzene rings is 1. The van der Waals surface area contributed by atoms with E-state index < -0.39 is 18.5 Å². The van der Waals surface area contributed by atoms with Crippen LogP contribution in [0.2, 0.25) is 0 Å². The first kappa shape index (κ1) is 14.6. The van der Waals surface area contributed by atoms with Gasteiger partial charge in [-0.1, -0.05) is 30.3 Å². The quantitative estimate of drug-likeness (QED) is 0.872. The van der Waals surface area contributed by atoms with Gasteiger partial charge in [-0.15, -0.1) is 0 Å². The first-order valence-electron chi connectivity index (χ1n) is 5.72. The molecule has 1 aromatic carbocycles. The lowest BCUT2D eigenvalue weighted by Gasteiger charge is -2.22. The summed E-state index contributed by atoms with van der Waals surface area (Å²) in [7, 11) is 3.19. The minimum Gasteiger partial charge on any atom is -0.347 e. The van der Waals surface area contributed by atoms with Crippen molar-refractivity contribution in [3.8, 4) is 0 Å². The van der Waals surface area contributed by atoms with E-state index in [1.165, 1.54) is 17.0 Å². The fourth-order valence-corrected chi connectivity index (χ4v) is 1.54. The van der Waals surface area contributed by atoms with Crippen molar-refractivity contribution >= 4 is 5.91 Å². The van der Waals surface area contributed by atoms with Crippen LogP contribution in [0.25, 0.3) is 0 Å². The molecule has 0 fully saturated rings. The van der Waals surface area contributed by atoms with E-state index in [0.717, 1.165) is 0 Å². The van der Waals surface area contributed by atoms with E-state index in [2.05, 4.69) is 5.32 Å². The molecule has 1 rings (SSSR count).